The van der Waals surface area contributed by atoms with Crippen LogP contribution in [0.2, 0.25) is 5.02 Å². The van der Waals surface area contributed by atoms with Gasteiger partial charge in [-0.05, 0) is 6.92 Å². The molecule has 0 atom stereocenters. The minimum atomic E-state index is 0.657. The van der Waals surface area contributed by atoms with E-state index >= 15 is 0 Å². The second-order valence-electron chi connectivity index (χ2n) is 2.35. The smallest absolute Gasteiger partial charge is 0.0845 e. The molecule has 0 aliphatic rings. The summed E-state index contributed by atoms with van der Waals surface area (Å²) in [6.07, 6.45) is 0.764. The third-order valence-corrected chi connectivity index (χ3v) is 1.99. The fourth-order valence-electron chi connectivity index (χ4n) is 0.830. The molecule has 0 aliphatic heterocycles. The Morgan fingerprint density at radius 3 is 2.82 bits per heavy atom. The first-order valence-electron chi connectivity index (χ1n) is 3.44. The summed E-state index contributed by atoms with van der Waals surface area (Å²) < 4.78 is 4.90. The van der Waals surface area contributed by atoms with Gasteiger partial charge in [-0.2, -0.15) is 5.10 Å². The van der Waals surface area contributed by atoms with Gasteiger partial charge in [0, 0.05) is 13.5 Å². The lowest BCUT2D eigenvalue weighted by molar-refractivity contribution is 0.201. The molecule has 0 fully saturated rings. The maximum absolute atomic E-state index is 5.90. The van der Waals surface area contributed by atoms with Crippen LogP contribution in [-0.4, -0.2) is 23.9 Å². The summed E-state index contributed by atoms with van der Waals surface area (Å²) in [5, 5.41) is 7.55. The molecule has 0 aliphatic carbocycles. The monoisotopic (exact) mass is 174 g/mol. The molecule has 62 valence electrons. The van der Waals surface area contributed by atoms with Crippen LogP contribution in [0.25, 0.3) is 0 Å². The number of aromatic nitrogens is 2. The first kappa shape index (κ1) is 8.56. The van der Waals surface area contributed by atoms with E-state index < -0.39 is 0 Å². The van der Waals surface area contributed by atoms with Crippen molar-refractivity contribution < 1.29 is 4.74 Å². The van der Waals surface area contributed by atoms with Crippen molar-refractivity contribution in [2.75, 3.05) is 13.7 Å². The minimum absolute atomic E-state index is 0.657. The van der Waals surface area contributed by atoms with Crippen LogP contribution < -0.4 is 0 Å². The Kier molecular flexibility index (Phi) is 2.91. The summed E-state index contributed by atoms with van der Waals surface area (Å²) in [4.78, 5) is 0. The van der Waals surface area contributed by atoms with Crippen molar-refractivity contribution in [3.8, 4) is 0 Å². The van der Waals surface area contributed by atoms with E-state index in [0.717, 1.165) is 22.8 Å². The fraction of sp³-hybridized carbons (Fsp3) is 0.571. The molecule has 1 rings (SSSR count). The van der Waals surface area contributed by atoms with E-state index in [4.69, 9.17) is 16.3 Å². The summed E-state index contributed by atoms with van der Waals surface area (Å²) in [6.45, 7) is 2.55. The van der Waals surface area contributed by atoms with Crippen molar-refractivity contribution in [3.63, 3.8) is 0 Å². The quantitative estimate of drug-likeness (QED) is 0.756. The zero-order chi connectivity index (χ0) is 8.27. The number of nitrogens with zero attached hydrogens (tertiary/aromatic N) is 1. The first-order valence-corrected chi connectivity index (χ1v) is 3.81. The molecular formula is C7H11ClN2O. The average Bonchev–Trinajstić information content (AvgIpc) is 2.31. The van der Waals surface area contributed by atoms with Crippen LogP contribution in [0.15, 0.2) is 0 Å². The van der Waals surface area contributed by atoms with Gasteiger partial charge in [0.25, 0.3) is 0 Å². The Hall–Kier alpha value is -0.540. The Morgan fingerprint density at radius 1 is 1.64 bits per heavy atom. The van der Waals surface area contributed by atoms with Gasteiger partial charge in [-0.15, -0.1) is 0 Å². The third-order valence-electron chi connectivity index (χ3n) is 1.48. The largest absolute Gasteiger partial charge is 0.384 e. The van der Waals surface area contributed by atoms with Gasteiger partial charge in [0.1, 0.15) is 0 Å². The van der Waals surface area contributed by atoms with Gasteiger partial charge < -0.3 is 4.74 Å². The summed E-state index contributed by atoms with van der Waals surface area (Å²) >= 11 is 5.90. The number of methoxy groups -OCH3 is 1. The number of nitrogens with one attached hydrogen (secondary N) is 1. The highest BCUT2D eigenvalue weighted by Gasteiger charge is 2.05. The lowest BCUT2D eigenvalue weighted by atomic mass is 10.3. The molecule has 1 aromatic heterocycles. The summed E-state index contributed by atoms with van der Waals surface area (Å²) in [6, 6.07) is 0. The molecule has 0 aromatic carbocycles. The zero-order valence-electron chi connectivity index (χ0n) is 6.65. The Morgan fingerprint density at radius 2 is 2.36 bits per heavy atom. The van der Waals surface area contributed by atoms with Crippen LogP contribution in [0.4, 0.5) is 0 Å². The minimum Gasteiger partial charge on any atom is -0.384 e. The van der Waals surface area contributed by atoms with Crippen molar-refractivity contribution in [1.82, 2.24) is 10.2 Å². The fourth-order valence-corrected chi connectivity index (χ4v) is 1.01. The lowest BCUT2D eigenvalue weighted by Gasteiger charge is -1.94. The van der Waals surface area contributed by atoms with E-state index in [-0.39, 0.29) is 0 Å². The number of aryl methyl sites for hydroxylation is 1. The Balaban J connectivity index is 2.63. The molecule has 1 heterocycles. The van der Waals surface area contributed by atoms with E-state index in [2.05, 4.69) is 10.2 Å². The van der Waals surface area contributed by atoms with E-state index in [0.29, 0.717) is 6.61 Å². The van der Waals surface area contributed by atoms with Crippen molar-refractivity contribution in [2.45, 2.75) is 13.3 Å². The average molecular weight is 175 g/mol. The summed E-state index contributed by atoms with van der Waals surface area (Å²) in [5.74, 6) is 0. The summed E-state index contributed by atoms with van der Waals surface area (Å²) in [7, 11) is 1.66. The van der Waals surface area contributed by atoms with Gasteiger partial charge in [0.05, 0.1) is 23.0 Å². The lowest BCUT2D eigenvalue weighted by Crippen LogP contribution is -1.94. The standard InChI is InChI=1S/C7H11ClN2O/c1-5-7(8)6(10-9-5)3-4-11-2/h3-4H2,1-2H3,(H,9,10). The van der Waals surface area contributed by atoms with Crippen molar-refractivity contribution in [2.24, 2.45) is 0 Å². The SMILES string of the molecule is COCCc1n[nH]c(C)c1Cl. The predicted molar refractivity (Wildman–Crippen MR) is 43.9 cm³/mol. The second-order valence-corrected chi connectivity index (χ2v) is 2.73. The molecule has 4 heteroatoms. The molecular weight excluding hydrogens is 164 g/mol. The molecule has 0 unspecified atom stereocenters. The topological polar surface area (TPSA) is 37.9 Å². The van der Waals surface area contributed by atoms with Gasteiger partial charge in [0.15, 0.2) is 0 Å². The van der Waals surface area contributed by atoms with Gasteiger partial charge in [0.2, 0.25) is 0 Å². The van der Waals surface area contributed by atoms with Gasteiger partial charge in [-0.1, -0.05) is 11.6 Å². The second kappa shape index (κ2) is 3.74. The molecule has 11 heavy (non-hydrogen) atoms. The highest BCUT2D eigenvalue weighted by atomic mass is 35.5. The van der Waals surface area contributed by atoms with E-state index in [1.807, 2.05) is 6.92 Å². The highest BCUT2D eigenvalue weighted by molar-refractivity contribution is 6.31. The van der Waals surface area contributed by atoms with Crippen LogP contribution in [0.1, 0.15) is 11.4 Å². The van der Waals surface area contributed by atoms with Crippen molar-refractivity contribution >= 4 is 11.6 Å². The molecule has 0 saturated carbocycles. The number of ether oxygens (including phenoxy) is 1. The maximum Gasteiger partial charge on any atom is 0.0845 e. The number of aromatic amines is 1. The van der Waals surface area contributed by atoms with Gasteiger partial charge in [-0.25, -0.2) is 0 Å². The summed E-state index contributed by atoms with van der Waals surface area (Å²) in [5.41, 5.74) is 1.80. The highest BCUT2D eigenvalue weighted by Crippen LogP contribution is 2.17. The van der Waals surface area contributed by atoms with E-state index in [1.54, 1.807) is 7.11 Å². The number of halogens is 1. The maximum atomic E-state index is 5.90. The molecule has 3 nitrogen and oxygen atoms in total. The van der Waals surface area contributed by atoms with E-state index in [9.17, 15) is 0 Å². The molecule has 1 N–H and O–H groups in total. The number of hydrogen-bond acceptors (Lipinski definition) is 2. The third kappa shape index (κ3) is 1.94. The van der Waals surface area contributed by atoms with E-state index in [1.165, 1.54) is 0 Å². The molecule has 0 spiro atoms. The molecule has 0 amide bonds. The van der Waals surface area contributed by atoms with Crippen LogP contribution in [0.3, 0.4) is 0 Å². The molecule has 1 aromatic rings. The van der Waals surface area contributed by atoms with Crippen LogP contribution >= 0.6 is 11.6 Å². The normalized spacial score (nSPS) is 10.5. The van der Waals surface area contributed by atoms with Crippen molar-refractivity contribution in [1.29, 1.82) is 0 Å². The van der Waals surface area contributed by atoms with Crippen molar-refractivity contribution in [3.05, 3.63) is 16.4 Å². The predicted octanol–water partition coefficient (Wildman–Crippen LogP) is 1.56. The molecule has 0 bridgehead atoms. The van der Waals surface area contributed by atoms with Crippen LogP contribution in [0.5, 0.6) is 0 Å². The number of hydrogen-bond donors (Lipinski definition) is 1. The molecule has 0 saturated heterocycles. The van der Waals surface area contributed by atoms with Gasteiger partial charge >= 0.3 is 0 Å². The van der Waals surface area contributed by atoms with Crippen LogP contribution in [0, 0.1) is 6.92 Å². The Bertz CT molecular complexity index is 234. The van der Waals surface area contributed by atoms with Crippen LogP contribution in [-0.2, 0) is 11.2 Å². The first-order chi connectivity index (χ1) is 5.25. The molecule has 0 radical (unpaired) electrons. The zero-order valence-corrected chi connectivity index (χ0v) is 7.40. The number of rotatable bonds is 3. The number of H-pyrrole nitrogens is 1. The Labute approximate surface area is 70.7 Å². The van der Waals surface area contributed by atoms with Gasteiger partial charge in [-0.3, -0.25) is 5.10 Å².